The summed E-state index contributed by atoms with van der Waals surface area (Å²) in [4.78, 5) is 13.9. The molecule has 0 spiro atoms. The third kappa shape index (κ3) is 3.45. The number of ether oxygens (including phenoxy) is 3. The number of carbonyl (C=O) groups excluding carboxylic acids is 1. The van der Waals surface area contributed by atoms with Crippen molar-refractivity contribution in [3.05, 3.63) is 69.2 Å². The normalized spacial score (nSPS) is 13.7. The van der Waals surface area contributed by atoms with Gasteiger partial charge in [-0.1, -0.05) is 25.4 Å². The van der Waals surface area contributed by atoms with Crippen molar-refractivity contribution in [2.75, 3.05) is 21.3 Å². The third-order valence-corrected chi connectivity index (χ3v) is 7.81. The van der Waals surface area contributed by atoms with E-state index in [1.54, 1.807) is 24.3 Å². The molecule has 0 saturated carbocycles. The quantitative estimate of drug-likeness (QED) is 0.275. The summed E-state index contributed by atoms with van der Waals surface area (Å²) in [6, 6.07) is 10.2. The summed E-state index contributed by atoms with van der Waals surface area (Å²) >= 11 is 6.31. The van der Waals surface area contributed by atoms with E-state index in [1.165, 1.54) is 27.4 Å². The number of hydrogen-bond donors (Lipinski definition) is 3. The average molecular weight is 535 g/mol. The molecule has 0 radical (unpaired) electrons. The van der Waals surface area contributed by atoms with E-state index in [2.05, 4.69) is 0 Å². The number of hydrogen-bond acceptors (Lipinski definition) is 7. The maximum absolute atomic E-state index is 13.9. The van der Waals surface area contributed by atoms with Crippen LogP contribution in [0.15, 0.2) is 36.4 Å². The first kappa shape index (κ1) is 25.5. The number of benzene rings is 4. The summed E-state index contributed by atoms with van der Waals surface area (Å²) in [5.41, 5.74) is 1.99. The zero-order valence-electron chi connectivity index (χ0n) is 21.8. The number of rotatable bonds is 4. The highest BCUT2D eigenvalue weighted by molar-refractivity contribution is 6.35. The van der Waals surface area contributed by atoms with Gasteiger partial charge in [-0.05, 0) is 59.3 Å². The van der Waals surface area contributed by atoms with Crippen LogP contribution in [0.1, 0.15) is 46.5 Å². The van der Waals surface area contributed by atoms with Crippen LogP contribution in [0.3, 0.4) is 0 Å². The Labute approximate surface area is 224 Å². The zero-order chi connectivity index (χ0) is 27.7. The molecule has 0 bridgehead atoms. The minimum absolute atomic E-state index is 0.0153. The van der Waals surface area contributed by atoms with E-state index in [-0.39, 0.29) is 33.4 Å². The molecule has 4 aromatic rings. The Hall–Kier alpha value is -4.10. The first-order valence-electron chi connectivity index (χ1n) is 11.9. The van der Waals surface area contributed by atoms with Gasteiger partial charge in [-0.2, -0.15) is 0 Å². The summed E-state index contributed by atoms with van der Waals surface area (Å²) in [7, 11) is 4.48. The van der Waals surface area contributed by atoms with E-state index < -0.39 is 16.9 Å². The first-order valence-corrected chi connectivity index (χ1v) is 12.2. The van der Waals surface area contributed by atoms with Crippen LogP contribution in [-0.4, -0.2) is 42.4 Å². The molecule has 7 nitrogen and oxygen atoms in total. The number of carbonyl (C=O) groups is 1. The van der Waals surface area contributed by atoms with E-state index >= 15 is 0 Å². The summed E-state index contributed by atoms with van der Waals surface area (Å²) in [5.74, 6) is -0.0496. The Kier molecular flexibility index (Phi) is 5.87. The van der Waals surface area contributed by atoms with Gasteiger partial charge in [0.1, 0.15) is 39.5 Å². The first-order chi connectivity index (χ1) is 18.0. The van der Waals surface area contributed by atoms with Crippen LogP contribution < -0.4 is 14.2 Å². The molecule has 5 rings (SSSR count). The Bertz CT molecular complexity index is 1650. The van der Waals surface area contributed by atoms with E-state index in [9.17, 15) is 20.1 Å². The van der Waals surface area contributed by atoms with Gasteiger partial charge in [-0.25, -0.2) is 0 Å². The van der Waals surface area contributed by atoms with Crippen molar-refractivity contribution >= 4 is 28.2 Å². The van der Waals surface area contributed by atoms with Gasteiger partial charge < -0.3 is 29.5 Å². The molecule has 0 unspecified atom stereocenters. The van der Waals surface area contributed by atoms with Gasteiger partial charge in [-0.15, -0.1) is 0 Å². The number of phenols is 3. The SMILES string of the molecule is COc1cc(C)c(-c2cc(OC)cc3cc4c(c(O)c23)C(=O)c2c(cc(OC)c(Cl)c2O)C4(C)C)c(O)c1. The Morgan fingerprint density at radius 1 is 0.763 bits per heavy atom. The fourth-order valence-electron chi connectivity index (χ4n) is 5.50. The molecule has 1 aliphatic rings. The predicted molar refractivity (Wildman–Crippen MR) is 146 cm³/mol. The highest BCUT2D eigenvalue weighted by atomic mass is 35.5. The van der Waals surface area contributed by atoms with Crippen LogP contribution in [0.2, 0.25) is 5.02 Å². The number of methoxy groups -OCH3 is 3. The lowest BCUT2D eigenvalue weighted by atomic mass is 9.67. The average Bonchev–Trinajstić information content (AvgIpc) is 2.87. The molecule has 196 valence electrons. The molecule has 38 heavy (non-hydrogen) atoms. The third-order valence-electron chi connectivity index (χ3n) is 7.44. The summed E-state index contributed by atoms with van der Waals surface area (Å²) in [5, 5.41) is 34.6. The van der Waals surface area contributed by atoms with Crippen molar-refractivity contribution in [2.45, 2.75) is 26.2 Å². The van der Waals surface area contributed by atoms with Crippen molar-refractivity contribution in [3.8, 4) is 45.6 Å². The number of ketones is 1. The standard InChI is InChI=1S/C30H27ClO7/c1-13-7-15(36-4)11-20(32)22(13)17-10-16(37-5)8-14-9-18-24(27(33)23(14)17)28(34)25-19(30(18,2)3)12-21(38-6)26(31)29(25)35/h7-12,32-33,35H,1-6H3. The lowest BCUT2D eigenvalue weighted by Gasteiger charge is -2.36. The smallest absolute Gasteiger partial charge is 0.201 e. The topological polar surface area (TPSA) is 105 Å². The Morgan fingerprint density at radius 3 is 1.97 bits per heavy atom. The van der Waals surface area contributed by atoms with Crippen LogP contribution in [-0.2, 0) is 5.41 Å². The second kappa shape index (κ2) is 8.74. The van der Waals surface area contributed by atoms with Gasteiger partial charge in [0.05, 0.1) is 32.5 Å². The molecule has 3 N–H and O–H groups in total. The van der Waals surface area contributed by atoms with Crippen LogP contribution in [0.4, 0.5) is 0 Å². The number of halogens is 1. The fraction of sp³-hybridized carbons (Fsp3) is 0.233. The number of phenolic OH excluding ortho intramolecular Hbond substituents is 3. The zero-order valence-corrected chi connectivity index (χ0v) is 22.6. The van der Waals surface area contributed by atoms with Gasteiger partial charge in [0.25, 0.3) is 0 Å². The van der Waals surface area contributed by atoms with Crippen molar-refractivity contribution in [1.29, 1.82) is 0 Å². The second-order valence-corrected chi connectivity index (χ2v) is 10.3. The van der Waals surface area contributed by atoms with E-state index in [4.69, 9.17) is 25.8 Å². The monoisotopic (exact) mass is 534 g/mol. The van der Waals surface area contributed by atoms with Crippen molar-refractivity contribution in [1.82, 2.24) is 0 Å². The maximum Gasteiger partial charge on any atom is 0.201 e. The minimum Gasteiger partial charge on any atom is -0.507 e. The van der Waals surface area contributed by atoms with Crippen molar-refractivity contribution in [3.63, 3.8) is 0 Å². The van der Waals surface area contributed by atoms with Crippen molar-refractivity contribution in [2.24, 2.45) is 0 Å². The van der Waals surface area contributed by atoms with Gasteiger partial charge in [0, 0.05) is 28.0 Å². The lowest BCUT2D eigenvalue weighted by Crippen LogP contribution is -2.31. The number of fused-ring (bicyclic) bond motifs is 3. The molecule has 8 heteroatoms. The van der Waals surface area contributed by atoms with Gasteiger partial charge in [-0.3, -0.25) is 4.79 Å². The summed E-state index contributed by atoms with van der Waals surface area (Å²) in [6.07, 6.45) is 0. The number of aryl methyl sites for hydroxylation is 1. The summed E-state index contributed by atoms with van der Waals surface area (Å²) < 4.78 is 16.2. The Balaban J connectivity index is 1.91. The molecule has 4 aromatic carbocycles. The molecule has 1 aliphatic carbocycles. The largest absolute Gasteiger partial charge is 0.507 e. The predicted octanol–water partition coefficient (Wildman–Crippen LogP) is 6.48. The minimum atomic E-state index is -0.818. The molecule has 0 fully saturated rings. The second-order valence-electron chi connectivity index (χ2n) is 9.88. The van der Waals surface area contributed by atoms with E-state index in [1.807, 2.05) is 26.8 Å². The van der Waals surface area contributed by atoms with Gasteiger partial charge >= 0.3 is 0 Å². The Morgan fingerprint density at radius 2 is 1.37 bits per heavy atom. The van der Waals surface area contributed by atoms with Gasteiger partial charge in [0.15, 0.2) is 0 Å². The number of aromatic hydroxyl groups is 3. The summed E-state index contributed by atoms with van der Waals surface area (Å²) in [6.45, 7) is 5.61. The van der Waals surface area contributed by atoms with Crippen LogP contribution in [0, 0.1) is 6.92 Å². The molecule has 0 heterocycles. The van der Waals surface area contributed by atoms with Crippen molar-refractivity contribution < 1.29 is 34.3 Å². The van der Waals surface area contributed by atoms with Crippen LogP contribution in [0.25, 0.3) is 21.9 Å². The van der Waals surface area contributed by atoms with Crippen LogP contribution >= 0.6 is 11.6 Å². The molecule has 0 atom stereocenters. The van der Waals surface area contributed by atoms with Gasteiger partial charge in [0.2, 0.25) is 5.78 Å². The molecule has 0 amide bonds. The molecular formula is C30H27ClO7. The molecule has 0 aromatic heterocycles. The van der Waals surface area contributed by atoms with E-state index in [0.717, 1.165) is 0 Å². The highest BCUT2D eigenvalue weighted by Crippen LogP contribution is 2.54. The van der Waals surface area contributed by atoms with E-state index in [0.29, 0.717) is 50.1 Å². The molecule has 0 aliphatic heterocycles. The molecule has 0 saturated heterocycles. The lowest BCUT2D eigenvalue weighted by molar-refractivity contribution is 0.102. The maximum atomic E-state index is 13.9. The van der Waals surface area contributed by atoms with Crippen LogP contribution in [0.5, 0.6) is 34.5 Å². The highest BCUT2D eigenvalue weighted by Gasteiger charge is 2.42. The molecular weight excluding hydrogens is 508 g/mol. The fourth-order valence-corrected chi connectivity index (χ4v) is 5.73.